The van der Waals surface area contributed by atoms with Gasteiger partial charge in [0.25, 0.3) is 0 Å². The van der Waals surface area contributed by atoms with E-state index in [1.807, 2.05) is 6.07 Å². The molecule has 3 aromatic rings. The Morgan fingerprint density at radius 1 is 0.947 bits per heavy atom. The number of aromatic nitrogens is 3. The molecule has 1 fully saturated rings. The van der Waals surface area contributed by atoms with Crippen molar-refractivity contribution in [3.8, 4) is 12.1 Å². The highest BCUT2D eigenvalue weighted by atomic mass is 31.2. The molecule has 0 radical (unpaired) electrons. The third kappa shape index (κ3) is 14.4. The summed E-state index contributed by atoms with van der Waals surface area (Å²) in [7, 11) is -4.87. The number of phosphoric acid groups is 1. The van der Waals surface area contributed by atoms with Gasteiger partial charge in [-0.05, 0) is 42.3 Å². The van der Waals surface area contributed by atoms with Crippen molar-refractivity contribution >= 4 is 19.2 Å². The molecular formula is C41H60FN6O8P. The number of benzene rings is 1. The quantitative estimate of drug-likeness (QED) is 0.0402. The van der Waals surface area contributed by atoms with Crippen LogP contribution in [0.25, 0.3) is 5.52 Å². The fraction of sp³-hybridized carbons (Fsp3) is 0.659. The lowest BCUT2D eigenvalue weighted by molar-refractivity contribution is -0.0763. The van der Waals surface area contributed by atoms with Crippen molar-refractivity contribution in [2.45, 2.75) is 159 Å². The van der Waals surface area contributed by atoms with Crippen LogP contribution in [0.1, 0.15) is 145 Å². The van der Waals surface area contributed by atoms with Crippen LogP contribution in [-0.4, -0.2) is 66.8 Å². The van der Waals surface area contributed by atoms with Gasteiger partial charge in [0.15, 0.2) is 5.82 Å². The first-order chi connectivity index (χ1) is 27.5. The van der Waals surface area contributed by atoms with Crippen molar-refractivity contribution in [1.82, 2.24) is 14.6 Å². The molecular weight excluding hydrogens is 754 g/mol. The number of halogens is 1. The molecule has 57 heavy (non-hydrogen) atoms. The zero-order chi connectivity index (χ0) is 41.1. The van der Waals surface area contributed by atoms with Gasteiger partial charge in [0.1, 0.15) is 48.6 Å². The first-order valence-corrected chi connectivity index (χ1v) is 22.0. The predicted octanol–water partition coefficient (Wildman–Crippen LogP) is 8.14. The molecule has 3 heterocycles. The number of phosphoric ester groups is 1. The van der Waals surface area contributed by atoms with E-state index in [4.69, 9.17) is 24.3 Å². The Kier molecular flexibility index (Phi) is 19.3. The van der Waals surface area contributed by atoms with E-state index in [0.29, 0.717) is 17.5 Å². The summed E-state index contributed by atoms with van der Waals surface area (Å²) in [6.45, 7) is 0.882. The number of nitrogen functional groups attached to an aromatic ring is 1. The monoisotopic (exact) mass is 814 g/mol. The van der Waals surface area contributed by atoms with E-state index in [1.165, 1.54) is 106 Å². The number of anilines is 1. The fourth-order valence-electron chi connectivity index (χ4n) is 7.19. The SMILES string of the molecule is CCCCCCCCCCCCCCCCCCC[C@@H](COP(=O)(O)OC[C@@]1(C#N)O[C@@H](c2ccc3c(N)ncnn23)[C@H](O)[C@@H]1O)OCc1cc(F)cc(C#N)c1. The number of aliphatic hydroxyl groups excluding tert-OH is 2. The lowest BCUT2D eigenvalue weighted by Crippen LogP contribution is -2.45. The van der Waals surface area contributed by atoms with Crippen LogP contribution < -0.4 is 5.73 Å². The Bertz CT molecular complexity index is 1800. The summed E-state index contributed by atoms with van der Waals surface area (Å²) in [6, 6.07) is 10.7. The van der Waals surface area contributed by atoms with Gasteiger partial charge >= 0.3 is 7.82 Å². The first kappa shape index (κ1) is 46.2. The molecule has 0 saturated carbocycles. The highest BCUT2D eigenvalue weighted by Gasteiger charge is 2.57. The number of nitrogens with two attached hydrogens (primary N) is 1. The maximum atomic E-state index is 14.1. The third-order valence-electron chi connectivity index (χ3n) is 10.5. The molecule has 2 aromatic heterocycles. The van der Waals surface area contributed by atoms with Crippen molar-refractivity contribution in [1.29, 1.82) is 10.5 Å². The number of hydrogen-bond acceptors (Lipinski definition) is 12. The van der Waals surface area contributed by atoms with Gasteiger partial charge in [0, 0.05) is 0 Å². The number of aliphatic hydroxyl groups is 2. The second-order valence-corrected chi connectivity index (χ2v) is 16.5. The molecule has 6 atom stereocenters. The maximum Gasteiger partial charge on any atom is 0.472 e. The van der Waals surface area contributed by atoms with Crippen LogP contribution in [0.5, 0.6) is 0 Å². The maximum absolute atomic E-state index is 14.1. The molecule has 14 nitrogen and oxygen atoms in total. The second kappa shape index (κ2) is 23.8. The molecule has 0 spiro atoms. The zero-order valence-electron chi connectivity index (χ0n) is 33.1. The van der Waals surface area contributed by atoms with Crippen LogP contribution in [0, 0.1) is 28.5 Å². The summed E-state index contributed by atoms with van der Waals surface area (Å²) in [5.41, 5.74) is 4.89. The number of ether oxygens (including phenoxy) is 2. The Hall–Kier alpha value is -3.50. The minimum Gasteiger partial charge on any atom is -0.387 e. The highest BCUT2D eigenvalue weighted by Crippen LogP contribution is 2.48. The van der Waals surface area contributed by atoms with Crippen molar-refractivity contribution in [3.05, 3.63) is 59.3 Å². The summed E-state index contributed by atoms with van der Waals surface area (Å²) < 4.78 is 50.8. The normalized spacial score (nSPS) is 21.0. The Balaban J connectivity index is 1.23. The number of rotatable bonds is 28. The van der Waals surface area contributed by atoms with Crippen LogP contribution in [0.4, 0.5) is 10.2 Å². The lowest BCUT2D eigenvalue weighted by atomic mass is 9.96. The van der Waals surface area contributed by atoms with Crippen molar-refractivity contribution in [3.63, 3.8) is 0 Å². The largest absolute Gasteiger partial charge is 0.472 e. The first-order valence-electron chi connectivity index (χ1n) is 20.5. The summed E-state index contributed by atoms with van der Waals surface area (Å²) in [5, 5.41) is 45.2. The molecule has 314 valence electrons. The van der Waals surface area contributed by atoms with Gasteiger partial charge in [-0.3, -0.25) is 9.05 Å². The third-order valence-corrected chi connectivity index (χ3v) is 11.4. The van der Waals surface area contributed by atoms with Gasteiger partial charge < -0.3 is 30.3 Å². The van der Waals surface area contributed by atoms with E-state index in [0.717, 1.165) is 31.7 Å². The number of hydrogen-bond donors (Lipinski definition) is 4. The summed E-state index contributed by atoms with van der Waals surface area (Å²) in [6.07, 6.45) is 17.1. The van der Waals surface area contributed by atoms with Crippen LogP contribution in [0.2, 0.25) is 0 Å². The standard InChI is InChI=1S/C41H60FN6O8P/c1-2-3-4-5-6-7-8-9-10-11-12-13-14-15-16-17-18-19-34(53-26-32-22-31(25-43)23-33(42)24-32)27-54-57(51,52)55-29-41(28-44)39(50)37(49)38(56-41)35-20-21-36-40(45)46-30-47-48(35)36/h20-24,30,34,37-39,49-50H,2-19,26-27,29H2,1H3,(H,51,52)(H2,45,46,47)/t34-,37-,38-,39-,41+/m0/s1. The Labute approximate surface area is 335 Å². The van der Waals surface area contributed by atoms with Gasteiger partial charge in [-0.2, -0.15) is 15.6 Å². The smallest absolute Gasteiger partial charge is 0.387 e. The second-order valence-electron chi connectivity index (χ2n) is 15.1. The lowest BCUT2D eigenvalue weighted by Gasteiger charge is -2.26. The predicted molar refractivity (Wildman–Crippen MR) is 212 cm³/mol. The van der Waals surface area contributed by atoms with Gasteiger partial charge in [-0.1, -0.05) is 116 Å². The minimum absolute atomic E-state index is 0.0716. The zero-order valence-corrected chi connectivity index (χ0v) is 34.0. The molecule has 1 aromatic carbocycles. The summed E-state index contributed by atoms with van der Waals surface area (Å²) in [5.74, 6) is -0.424. The fourth-order valence-corrected chi connectivity index (χ4v) is 7.98. The van der Waals surface area contributed by atoms with Gasteiger partial charge in [-0.15, -0.1) is 0 Å². The molecule has 1 saturated heterocycles. The number of nitriles is 2. The Morgan fingerprint density at radius 2 is 1.56 bits per heavy atom. The average molecular weight is 815 g/mol. The molecule has 0 aliphatic carbocycles. The topological polar surface area (TPSA) is 218 Å². The summed E-state index contributed by atoms with van der Waals surface area (Å²) >= 11 is 0. The number of unbranched alkanes of at least 4 members (excludes halogenated alkanes) is 16. The molecule has 1 aliphatic heterocycles. The molecule has 16 heteroatoms. The molecule has 5 N–H and O–H groups in total. The molecule has 0 bridgehead atoms. The number of fused-ring (bicyclic) bond motifs is 1. The molecule has 1 unspecified atom stereocenters. The minimum atomic E-state index is -4.87. The van der Waals surface area contributed by atoms with Crippen molar-refractivity contribution in [2.75, 3.05) is 18.9 Å². The van der Waals surface area contributed by atoms with Gasteiger partial charge in [-0.25, -0.2) is 18.5 Å². The van der Waals surface area contributed by atoms with Crippen LogP contribution in [-0.2, 0) is 29.7 Å². The van der Waals surface area contributed by atoms with E-state index in [1.54, 1.807) is 18.2 Å². The molecule has 1 aliphatic rings. The average Bonchev–Trinajstić information content (AvgIpc) is 3.74. The van der Waals surface area contributed by atoms with Crippen LogP contribution in [0.15, 0.2) is 36.7 Å². The van der Waals surface area contributed by atoms with E-state index in [9.17, 15) is 34.6 Å². The van der Waals surface area contributed by atoms with E-state index in [-0.39, 0.29) is 30.3 Å². The van der Waals surface area contributed by atoms with Gasteiger partial charge in [0.05, 0.1) is 36.6 Å². The molecule has 4 rings (SSSR count). The number of nitrogens with zero attached hydrogens (tertiary/aromatic N) is 5. The van der Waals surface area contributed by atoms with E-state index >= 15 is 0 Å². The summed E-state index contributed by atoms with van der Waals surface area (Å²) in [4.78, 5) is 14.6. The van der Waals surface area contributed by atoms with Crippen LogP contribution in [0.3, 0.4) is 0 Å². The van der Waals surface area contributed by atoms with E-state index < -0.39 is 50.3 Å². The van der Waals surface area contributed by atoms with Crippen molar-refractivity contribution < 1.29 is 42.6 Å². The highest BCUT2D eigenvalue weighted by molar-refractivity contribution is 7.47. The van der Waals surface area contributed by atoms with E-state index in [2.05, 4.69) is 17.0 Å². The van der Waals surface area contributed by atoms with Crippen LogP contribution >= 0.6 is 7.82 Å². The Morgan fingerprint density at radius 3 is 2.16 bits per heavy atom. The van der Waals surface area contributed by atoms with Gasteiger partial charge in [0.2, 0.25) is 5.60 Å². The molecule has 0 amide bonds. The van der Waals surface area contributed by atoms with Crippen molar-refractivity contribution in [2.24, 2.45) is 0 Å².